The van der Waals surface area contributed by atoms with Crippen molar-refractivity contribution in [2.45, 2.75) is 20.4 Å². The largest absolute Gasteiger partial charge is 0.399 e. The fourth-order valence-corrected chi connectivity index (χ4v) is 2.23. The Morgan fingerprint density at radius 2 is 2.07 bits per heavy atom. The van der Waals surface area contributed by atoms with Gasteiger partial charge in [-0.1, -0.05) is 26.0 Å². The second-order valence-electron chi connectivity index (χ2n) is 5.05. The smallest absolute Gasteiger partial charge is 0.0317 e. The van der Waals surface area contributed by atoms with Gasteiger partial charge < -0.3 is 5.73 Å². The number of rotatable bonds is 2. The summed E-state index contributed by atoms with van der Waals surface area (Å²) in [6.45, 7) is 8.05. The zero-order valence-electron chi connectivity index (χ0n) is 8.96. The molecule has 0 amide bonds. The highest BCUT2D eigenvalue weighted by Crippen LogP contribution is 2.29. The van der Waals surface area contributed by atoms with E-state index >= 15 is 0 Å². The molecule has 0 atom stereocenters. The molecule has 0 spiro atoms. The van der Waals surface area contributed by atoms with Gasteiger partial charge in [-0.05, 0) is 23.1 Å². The number of benzene rings is 1. The molecule has 0 bridgehead atoms. The molecule has 2 heteroatoms. The van der Waals surface area contributed by atoms with E-state index < -0.39 is 0 Å². The Morgan fingerprint density at radius 1 is 1.36 bits per heavy atom. The van der Waals surface area contributed by atoms with E-state index in [-0.39, 0.29) is 0 Å². The molecule has 2 rings (SSSR count). The molecule has 1 aromatic rings. The Kier molecular flexibility index (Phi) is 2.23. The number of hydrogen-bond acceptors (Lipinski definition) is 2. The van der Waals surface area contributed by atoms with Crippen molar-refractivity contribution in [3.8, 4) is 0 Å². The van der Waals surface area contributed by atoms with Gasteiger partial charge in [-0.15, -0.1) is 0 Å². The van der Waals surface area contributed by atoms with Crippen molar-refractivity contribution in [2.24, 2.45) is 5.41 Å². The monoisotopic (exact) mass is 190 g/mol. The van der Waals surface area contributed by atoms with Crippen LogP contribution in [0.5, 0.6) is 0 Å². The highest BCUT2D eigenvalue weighted by atomic mass is 15.2. The first-order valence-corrected chi connectivity index (χ1v) is 5.12. The van der Waals surface area contributed by atoms with Crippen molar-refractivity contribution in [1.82, 2.24) is 4.90 Å². The van der Waals surface area contributed by atoms with Gasteiger partial charge in [0, 0.05) is 25.3 Å². The summed E-state index contributed by atoms with van der Waals surface area (Å²) in [5.74, 6) is 0. The molecule has 1 aliphatic heterocycles. The molecule has 0 aromatic heterocycles. The minimum absolute atomic E-state index is 0.514. The van der Waals surface area contributed by atoms with E-state index in [1.165, 1.54) is 18.7 Å². The van der Waals surface area contributed by atoms with Crippen molar-refractivity contribution >= 4 is 5.69 Å². The molecule has 1 saturated heterocycles. The fourth-order valence-electron chi connectivity index (χ4n) is 2.23. The summed E-state index contributed by atoms with van der Waals surface area (Å²) < 4.78 is 0. The van der Waals surface area contributed by atoms with Crippen LogP contribution in [-0.2, 0) is 6.54 Å². The standard InChI is InChI=1S/C12H18N2/c1-12(2)8-14(9-12)7-10-4-3-5-11(13)6-10/h3-6H,7-9,13H2,1-2H3. The molecule has 0 unspecified atom stereocenters. The first-order chi connectivity index (χ1) is 6.55. The minimum Gasteiger partial charge on any atom is -0.399 e. The molecule has 2 nitrogen and oxygen atoms in total. The summed E-state index contributed by atoms with van der Waals surface area (Å²) >= 11 is 0. The summed E-state index contributed by atoms with van der Waals surface area (Å²) in [5, 5.41) is 0. The van der Waals surface area contributed by atoms with Gasteiger partial charge in [-0.2, -0.15) is 0 Å². The van der Waals surface area contributed by atoms with Crippen LogP contribution in [0, 0.1) is 5.41 Å². The van der Waals surface area contributed by atoms with Crippen LogP contribution < -0.4 is 5.73 Å². The third-order valence-corrected chi connectivity index (χ3v) is 2.66. The minimum atomic E-state index is 0.514. The van der Waals surface area contributed by atoms with Gasteiger partial charge in [0.15, 0.2) is 0 Å². The molecule has 1 fully saturated rings. The number of hydrogen-bond donors (Lipinski definition) is 1. The van der Waals surface area contributed by atoms with Crippen molar-refractivity contribution < 1.29 is 0 Å². The number of nitrogens with two attached hydrogens (primary N) is 1. The van der Waals surface area contributed by atoms with Crippen LogP contribution >= 0.6 is 0 Å². The van der Waals surface area contributed by atoms with Crippen LogP contribution in [-0.4, -0.2) is 18.0 Å². The number of nitrogen functional groups attached to an aromatic ring is 1. The molecular formula is C12H18N2. The van der Waals surface area contributed by atoms with Gasteiger partial charge in [0.05, 0.1) is 0 Å². The Balaban J connectivity index is 1.93. The quantitative estimate of drug-likeness (QED) is 0.724. The van der Waals surface area contributed by atoms with Crippen molar-refractivity contribution in [3.63, 3.8) is 0 Å². The zero-order valence-corrected chi connectivity index (χ0v) is 8.96. The van der Waals surface area contributed by atoms with E-state index in [4.69, 9.17) is 5.73 Å². The highest BCUT2D eigenvalue weighted by molar-refractivity contribution is 5.40. The summed E-state index contributed by atoms with van der Waals surface area (Å²) in [6.07, 6.45) is 0. The van der Waals surface area contributed by atoms with Crippen LogP contribution in [0.25, 0.3) is 0 Å². The Labute approximate surface area is 85.7 Å². The Bertz CT molecular complexity index is 323. The molecule has 1 heterocycles. The Hall–Kier alpha value is -1.02. The predicted octanol–water partition coefficient (Wildman–Crippen LogP) is 2.11. The summed E-state index contributed by atoms with van der Waals surface area (Å²) in [6, 6.07) is 8.16. The normalized spacial score (nSPS) is 20.4. The van der Waals surface area contributed by atoms with Crippen LogP contribution in [0.3, 0.4) is 0 Å². The first kappa shape index (κ1) is 9.53. The fraction of sp³-hybridized carbons (Fsp3) is 0.500. The van der Waals surface area contributed by atoms with E-state index in [1.807, 2.05) is 12.1 Å². The maximum Gasteiger partial charge on any atom is 0.0317 e. The van der Waals surface area contributed by atoms with E-state index in [0.29, 0.717) is 5.41 Å². The molecule has 76 valence electrons. The summed E-state index contributed by atoms with van der Waals surface area (Å²) in [5.41, 5.74) is 8.43. The lowest BCUT2D eigenvalue weighted by Gasteiger charge is -2.46. The third-order valence-electron chi connectivity index (χ3n) is 2.66. The van der Waals surface area contributed by atoms with Crippen molar-refractivity contribution in [3.05, 3.63) is 29.8 Å². The third kappa shape index (κ3) is 2.07. The number of anilines is 1. The second-order valence-corrected chi connectivity index (χ2v) is 5.05. The summed E-state index contributed by atoms with van der Waals surface area (Å²) in [7, 11) is 0. The van der Waals surface area contributed by atoms with Gasteiger partial charge in [0.1, 0.15) is 0 Å². The van der Waals surface area contributed by atoms with Gasteiger partial charge in [0.25, 0.3) is 0 Å². The molecule has 1 aliphatic rings. The molecular weight excluding hydrogens is 172 g/mol. The first-order valence-electron chi connectivity index (χ1n) is 5.12. The maximum absolute atomic E-state index is 5.73. The van der Waals surface area contributed by atoms with Crippen LogP contribution in [0.2, 0.25) is 0 Å². The molecule has 1 aromatic carbocycles. The summed E-state index contributed by atoms with van der Waals surface area (Å²) in [4.78, 5) is 2.45. The molecule has 14 heavy (non-hydrogen) atoms. The van der Waals surface area contributed by atoms with Crippen LogP contribution in [0.15, 0.2) is 24.3 Å². The lowest BCUT2D eigenvalue weighted by Crippen LogP contribution is -2.52. The van der Waals surface area contributed by atoms with Gasteiger partial charge in [-0.25, -0.2) is 0 Å². The van der Waals surface area contributed by atoms with E-state index in [0.717, 1.165) is 12.2 Å². The lowest BCUT2D eigenvalue weighted by atomic mass is 9.84. The van der Waals surface area contributed by atoms with Gasteiger partial charge in [0.2, 0.25) is 0 Å². The molecule has 0 saturated carbocycles. The highest BCUT2D eigenvalue weighted by Gasteiger charge is 2.33. The van der Waals surface area contributed by atoms with E-state index in [2.05, 4.69) is 30.9 Å². The van der Waals surface area contributed by atoms with E-state index in [9.17, 15) is 0 Å². The van der Waals surface area contributed by atoms with Gasteiger partial charge >= 0.3 is 0 Å². The van der Waals surface area contributed by atoms with Crippen molar-refractivity contribution in [2.75, 3.05) is 18.8 Å². The lowest BCUT2D eigenvalue weighted by molar-refractivity contribution is 0.0243. The van der Waals surface area contributed by atoms with Crippen LogP contribution in [0.4, 0.5) is 5.69 Å². The molecule has 2 N–H and O–H groups in total. The Morgan fingerprint density at radius 3 is 2.64 bits per heavy atom. The number of likely N-dealkylation sites (tertiary alicyclic amines) is 1. The predicted molar refractivity (Wildman–Crippen MR) is 59.9 cm³/mol. The topological polar surface area (TPSA) is 29.3 Å². The average molecular weight is 190 g/mol. The van der Waals surface area contributed by atoms with Crippen molar-refractivity contribution in [1.29, 1.82) is 0 Å². The second kappa shape index (κ2) is 3.28. The van der Waals surface area contributed by atoms with E-state index in [1.54, 1.807) is 0 Å². The van der Waals surface area contributed by atoms with Gasteiger partial charge in [-0.3, -0.25) is 4.90 Å². The zero-order chi connectivity index (χ0) is 10.2. The average Bonchev–Trinajstić information content (AvgIpc) is 2.00. The number of nitrogens with zero attached hydrogens (tertiary/aromatic N) is 1. The SMILES string of the molecule is CC1(C)CN(Cc2cccc(N)c2)C1. The van der Waals surface area contributed by atoms with Crippen LogP contribution in [0.1, 0.15) is 19.4 Å². The molecule has 0 radical (unpaired) electrons. The maximum atomic E-state index is 5.73. The molecule has 0 aliphatic carbocycles.